The second kappa shape index (κ2) is 7.21. The number of hydrogen-bond acceptors (Lipinski definition) is 3. The molecule has 1 heterocycles. The zero-order chi connectivity index (χ0) is 10.2. The molecule has 1 fully saturated rings. The van der Waals surface area contributed by atoms with Gasteiger partial charge in [0.15, 0.2) is 0 Å². The van der Waals surface area contributed by atoms with Crippen molar-refractivity contribution >= 4 is 0 Å². The first kappa shape index (κ1) is 12.0. The zero-order valence-electron chi connectivity index (χ0n) is 9.76. The van der Waals surface area contributed by atoms with Gasteiger partial charge in [0.05, 0.1) is 0 Å². The van der Waals surface area contributed by atoms with E-state index in [9.17, 15) is 0 Å². The summed E-state index contributed by atoms with van der Waals surface area (Å²) in [5, 5.41) is 3.44. The van der Waals surface area contributed by atoms with Gasteiger partial charge in [-0.1, -0.05) is 0 Å². The first-order chi connectivity index (χ1) is 6.79. The third-order valence-corrected chi connectivity index (χ3v) is 2.76. The molecule has 0 bridgehead atoms. The third-order valence-electron chi connectivity index (χ3n) is 2.76. The molecule has 1 aliphatic heterocycles. The summed E-state index contributed by atoms with van der Waals surface area (Å²) in [6.45, 7) is 7.42. The van der Waals surface area contributed by atoms with Crippen molar-refractivity contribution in [3.05, 3.63) is 0 Å². The fourth-order valence-electron chi connectivity index (χ4n) is 1.89. The molecule has 0 spiro atoms. The molecular weight excluding hydrogens is 174 g/mol. The van der Waals surface area contributed by atoms with E-state index in [1.165, 1.54) is 58.5 Å². The van der Waals surface area contributed by atoms with Gasteiger partial charge in [0.1, 0.15) is 0 Å². The first-order valence-corrected chi connectivity index (χ1v) is 5.87. The molecule has 3 heteroatoms. The van der Waals surface area contributed by atoms with Crippen molar-refractivity contribution in [1.82, 2.24) is 15.1 Å². The second-order valence-electron chi connectivity index (χ2n) is 4.46. The largest absolute Gasteiger partial charge is 0.315 e. The maximum atomic E-state index is 3.44. The maximum Gasteiger partial charge on any atom is 0.0107 e. The van der Waals surface area contributed by atoms with Crippen LogP contribution in [0.5, 0.6) is 0 Å². The Bertz CT molecular complexity index is 128. The molecular formula is C11H25N3. The molecule has 1 aliphatic rings. The molecule has 1 rings (SSSR count). The normalized spacial score (nSPS) is 19.9. The Balaban J connectivity index is 1.99. The SMILES string of the molecule is CN(C)CCCCN1CCCNCC1. The number of nitrogens with one attached hydrogen (secondary N) is 1. The molecule has 14 heavy (non-hydrogen) atoms. The highest BCUT2D eigenvalue weighted by molar-refractivity contribution is 4.65. The summed E-state index contributed by atoms with van der Waals surface area (Å²) in [4.78, 5) is 4.86. The Morgan fingerprint density at radius 2 is 2.00 bits per heavy atom. The van der Waals surface area contributed by atoms with Crippen LogP contribution in [0.2, 0.25) is 0 Å². The van der Waals surface area contributed by atoms with Gasteiger partial charge >= 0.3 is 0 Å². The minimum Gasteiger partial charge on any atom is -0.315 e. The van der Waals surface area contributed by atoms with E-state index in [4.69, 9.17) is 0 Å². The van der Waals surface area contributed by atoms with Crippen molar-refractivity contribution in [3.8, 4) is 0 Å². The highest BCUT2D eigenvalue weighted by Gasteiger charge is 2.07. The van der Waals surface area contributed by atoms with Crippen LogP contribution in [0.4, 0.5) is 0 Å². The standard InChI is InChI=1S/C11H25N3/c1-13(2)8-3-4-9-14-10-5-6-12-7-11-14/h12H,3-11H2,1-2H3. The van der Waals surface area contributed by atoms with Gasteiger partial charge in [0.2, 0.25) is 0 Å². The smallest absolute Gasteiger partial charge is 0.0107 e. The summed E-state index contributed by atoms with van der Waals surface area (Å²) >= 11 is 0. The fraction of sp³-hybridized carbons (Fsp3) is 1.00. The molecule has 1 N–H and O–H groups in total. The van der Waals surface area contributed by atoms with Crippen molar-refractivity contribution < 1.29 is 0 Å². The van der Waals surface area contributed by atoms with Crippen molar-refractivity contribution in [1.29, 1.82) is 0 Å². The van der Waals surface area contributed by atoms with E-state index in [1.807, 2.05) is 0 Å². The summed E-state index contributed by atoms with van der Waals surface area (Å²) in [6, 6.07) is 0. The lowest BCUT2D eigenvalue weighted by Gasteiger charge is -2.19. The van der Waals surface area contributed by atoms with E-state index >= 15 is 0 Å². The van der Waals surface area contributed by atoms with E-state index in [-0.39, 0.29) is 0 Å². The molecule has 0 saturated carbocycles. The van der Waals surface area contributed by atoms with Gasteiger partial charge in [-0.3, -0.25) is 0 Å². The summed E-state index contributed by atoms with van der Waals surface area (Å²) in [7, 11) is 4.30. The molecule has 0 aromatic carbocycles. The predicted octanol–water partition coefficient (Wildman–Crippen LogP) is 0.624. The second-order valence-corrected chi connectivity index (χ2v) is 4.46. The number of rotatable bonds is 5. The third kappa shape index (κ3) is 5.58. The molecule has 0 atom stereocenters. The minimum atomic E-state index is 1.17. The van der Waals surface area contributed by atoms with Gasteiger partial charge < -0.3 is 15.1 Å². The van der Waals surface area contributed by atoms with Crippen molar-refractivity contribution in [3.63, 3.8) is 0 Å². The summed E-state index contributed by atoms with van der Waals surface area (Å²) in [5.41, 5.74) is 0. The van der Waals surface area contributed by atoms with Gasteiger partial charge in [-0.05, 0) is 59.5 Å². The Labute approximate surface area is 88.5 Å². The van der Waals surface area contributed by atoms with Crippen LogP contribution in [0.1, 0.15) is 19.3 Å². The van der Waals surface area contributed by atoms with Crippen LogP contribution in [0, 0.1) is 0 Å². The Morgan fingerprint density at radius 3 is 2.79 bits per heavy atom. The quantitative estimate of drug-likeness (QED) is 0.655. The molecule has 0 unspecified atom stereocenters. The molecule has 0 amide bonds. The average molecular weight is 199 g/mol. The van der Waals surface area contributed by atoms with Crippen LogP contribution in [-0.4, -0.2) is 63.2 Å². The predicted molar refractivity (Wildman–Crippen MR) is 61.7 cm³/mol. The van der Waals surface area contributed by atoms with E-state index < -0.39 is 0 Å². The monoisotopic (exact) mass is 199 g/mol. The van der Waals surface area contributed by atoms with Crippen molar-refractivity contribution in [2.45, 2.75) is 19.3 Å². The highest BCUT2D eigenvalue weighted by atomic mass is 15.1. The van der Waals surface area contributed by atoms with Crippen LogP contribution < -0.4 is 5.32 Å². The summed E-state index contributed by atoms with van der Waals surface area (Å²) < 4.78 is 0. The average Bonchev–Trinajstić information content (AvgIpc) is 2.40. The lowest BCUT2D eigenvalue weighted by atomic mass is 10.2. The topological polar surface area (TPSA) is 18.5 Å². The van der Waals surface area contributed by atoms with Gasteiger partial charge in [-0.2, -0.15) is 0 Å². The number of unbranched alkanes of at least 4 members (excludes halogenated alkanes) is 1. The Kier molecular flexibility index (Phi) is 6.15. The van der Waals surface area contributed by atoms with Crippen LogP contribution in [0.15, 0.2) is 0 Å². The van der Waals surface area contributed by atoms with Gasteiger partial charge in [-0.15, -0.1) is 0 Å². The summed E-state index contributed by atoms with van der Waals surface area (Å²) in [6.07, 6.45) is 3.99. The number of hydrogen-bond donors (Lipinski definition) is 1. The molecule has 0 aliphatic carbocycles. The van der Waals surface area contributed by atoms with E-state index in [2.05, 4.69) is 29.2 Å². The van der Waals surface area contributed by atoms with Gasteiger partial charge in [0.25, 0.3) is 0 Å². The number of nitrogens with zero attached hydrogens (tertiary/aromatic N) is 2. The first-order valence-electron chi connectivity index (χ1n) is 5.87. The zero-order valence-corrected chi connectivity index (χ0v) is 9.76. The Hall–Kier alpha value is -0.120. The van der Waals surface area contributed by atoms with Gasteiger partial charge in [-0.25, -0.2) is 0 Å². The van der Waals surface area contributed by atoms with Crippen LogP contribution in [0.3, 0.4) is 0 Å². The van der Waals surface area contributed by atoms with E-state index in [1.54, 1.807) is 0 Å². The van der Waals surface area contributed by atoms with Crippen LogP contribution in [0.25, 0.3) is 0 Å². The molecule has 0 aromatic heterocycles. The lowest BCUT2D eigenvalue weighted by Crippen LogP contribution is -2.29. The van der Waals surface area contributed by atoms with Gasteiger partial charge in [0, 0.05) is 13.1 Å². The van der Waals surface area contributed by atoms with Crippen LogP contribution in [-0.2, 0) is 0 Å². The van der Waals surface area contributed by atoms with Crippen LogP contribution >= 0.6 is 0 Å². The molecule has 3 nitrogen and oxygen atoms in total. The fourth-order valence-corrected chi connectivity index (χ4v) is 1.89. The van der Waals surface area contributed by atoms with Crippen molar-refractivity contribution in [2.75, 3.05) is 53.4 Å². The maximum absolute atomic E-state index is 3.44. The highest BCUT2D eigenvalue weighted by Crippen LogP contribution is 1.99. The van der Waals surface area contributed by atoms with E-state index in [0.717, 1.165) is 0 Å². The Morgan fingerprint density at radius 1 is 1.14 bits per heavy atom. The molecule has 0 aromatic rings. The van der Waals surface area contributed by atoms with E-state index in [0.29, 0.717) is 0 Å². The molecule has 0 radical (unpaired) electrons. The lowest BCUT2D eigenvalue weighted by molar-refractivity contribution is 0.278. The summed E-state index contributed by atoms with van der Waals surface area (Å²) in [5.74, 6) is 0. The minimum absolute atomic E-state index is 1.17. The van der Waals surface area contributed by atoms with Crippen molar-refractivity contribution in [2.24, 2.45) is 0 Å². The molecule has 84 valence electrons. The molecule has 1 saturated heterocycles.